The molecule has 0 saturated carbocycles. The standard InChI is InChI=1S/C20H29N5O2S/c26-19(18-5-4-14-28-18)16-6-10-24(11-7-16)20(27)17-15-25(22-21-17)13-12-23-8-2-1-3-9-23/h4-5,14-16,19,26H,1-3,6-13H2. The number of rotatable bonds is 6. The fraction of sp³-hybridized carbons (Fsp3) is 0.650. The maximum Gasteiger partial charge on any atom is 0.276 e. The second kappa shape index (κ2) is 9.15. The fourth-order valence-corrected chi connectivity index (χ4v) is 5.01. The van der Waals surface area contributed by atoms with Crippen LogP contribution in [0.4, 0.5) is 0 Å². The van der Waals surface area contributed by atoms with Gasteiger partial charge in [-0.3, -0.25) is 9.48 Å². The number of carbonyl (C=O) groups is 1. The Morgan fingerprint density at radius 2 is 1.96 bits per heavy atom. The van der Waals surface area contributed by atoms with E-state index < -0.39 is 6.10 Å². The van der Waals surface area contributed by atoms with Crippen molar-refractivity contribution in [3.8, 4) is 0 Å². The van der Waals surface area contributed by atoms with Gasteiger partial charge in [0.15, 0.2) is 5.69 Å². The van der Waals surface area contributed by atoms with Crippen molar-refractivity contribution < 1.29 is 9.90 Å². The number of aliphatic hydroxyl groups is 1. The van der Waals surface area contributed by atoms with Crippen molar-refractivity contribution in [2.24, 2.45) is 5.92 Å². The van der Waals surface area contributed by atoms with Crippen molar-refractivity contribution in [3.05, 3.63) is 34.3 Å². The molecule has 2 aliphatic rings. The molecule has 0 radical (unpaired) electrons. The molecule has 2 aromatic heterocycles. The van der Waals surface area contributed by atoms with Crippen molar-refractivity contribution >= 4 is 17.2 Å². The van der Waals surface area contributed by atoms with Crippen molar-refractivity contribution in [2.45, 2.75) is 44.8 Å². The quantitative estimate of drug-likeness (QED) is 0.802. The molecule has 0 aromatic carbocycles. The minimum Gasteiger partial charge on any atom is -0.387 e. The highest BCUT2D eigenvalue weighted by molar-refractivity contribution is 7.10. The maximum atomic E-state index is 12.8. The van der Waals surface area contributed by atoms with Gasteiger partial charge < -0.3 is 14.9 Å². The van der Waals surface area contributed by atoms with Gasteiger partial charge in [-0.05, 0) is 56.1 Å². The summed E-state index contributed by atoms with van der Waals surface area (Å²) in [5.41, 5.74) is 0.427. The minimum absolute atomic E-state index is 0.0479. The lowest BCUT2D eigenvalue weighted by atomic mass is 9.90. The number of amides is 1. The predicted molar refractivity (Wildman–Crippen MR) is 108 cm³/mol. The summed E-state index contributed by atoms with van der Waals surface area (Å²) in [7, 11) is 0. The number of aliphatic hydroxyl groups excluding tert-OH is 1. The van der Waals surface area contributed by atoms with Crippen molar-refractivity contribution in [3.63, 3.8) is 0 Å². The number of thiophene rings is 1. The summed E-state index contributed by atoms with van der Waals surface area (Å²) in [6.45, 7) is 5.37. The molecule has 1 amide bonds. The molecule has 28 heavy (non-hydrogen) atoms. The van der Waals surface area contributed by atoms with Crippen LogP contribution in [-0.4, -0.2) is 68.5 Å². The lowest BCUT2D eigenvalue weighted by molar-refractivity contribution is 0.0470. The van der Waals surface area contributed by atoms with Gasteiger partial charge >= 0.3 is 0 Å². The van der Waals surface area contributed by atoms with E-state index >= 15 is 0 Å². The normalized spacial score (nSPS) is 20.4. The zero-order chi connectivity index (χ0) is 19.3. The number of piperidine rings is 2. The van der Waals surface area contributed by atoms with Gasteiger partial charge in [0, 0.05) is 24.5 Å². The van der Waals surface area contributed by atoms with Gasteiger partial charge in [-0.1, -0.05) is 17.7 Å². The first kappa shape index (κ1) is 19.5. The highest BCUT2D eigenvalue weighted by atomic mass is 32.1. The smallest absolute Gasteiger partial charge is 0.276 e. The zero-order valence-corrected chi connectivity index (χ0v) is 17.1. The molecule has 1 N–H and O–H groups in total. The van der Waals surface area contributed by atoms with Crippen molar-refractivity contribution in [1.29, 1.82) is 0 Å². The topological polar surface area (TPSA) is 74.5 Å². The van der Waals surface area contributed by atoms with Crippen molar-refractivity contribution in [2.75, 3.05) is 32.7 Å². The average Bonchev–Trinajstić information content (AvgIpc) is 3.44. The van der Waals surface area contributed by atoms with E-state index in [2.05, 4.69) is 15.2 Å². The van der Waals surface area contributed by atoms with Crippen LogP contribution in [0, 0.1) is 5.92 Å². The van der Waals surface area contributed by atoms with Gasteiger partial charge in [0.05, 0.1) is 18.8 Å². The molecule has 8 heteroatoms. The molecular weight excluding hydrogens is 374 g/mol. The third-order valence-corrected chi connectivity index (χ3v) is 6.90. The number of hydrogen-bond acceptors (Lipinski definition) is 6. The van der Waals surface area contributed by atoms with Gasteiger partial charge in [0.1, 0.15) is 0 Å². The molecule has 0 bridgehead atoms. The molecule has 4 rings (SSSR count). The van der Waals surface area contributed by atoms with Gasteiger partial charge in [0.2, 0.25) is 0 Å². The van der Waals surface area contributed by atoms with E-state index in [-0.39, 0.29) is 11.8 Å². The van der Waals surface area contributed by atoms with E-state index in [9.17, 15) is 9.90 Å². The van der Waals surface area contributed by atoms with E-state index in [1.54, 1.807) is 22.2 Å². The Balaban J connectivity index is 1.26. The second-order valence-electron chi connectivity index (χ2n) is 7.86. The van der Waals surface area contributed by atoms with Crippen LogP contribution in [0.2, 0.25) is 0 Å². The van der Waals surface area contributed by atoms with Crippen LogP contribution in [0.5, 0.6) is 0 Å². The largest absolute Gasteiger partial charge is 0.387 e. The highest BCUT2D eigenvalue weighted by Gasteiger charge is 2.30. The Morgan fingerprint density at radius 3 is 2.68 bits per heavy atom. The predicted octanol–water partition coefficient (Wildman–Crippen LogP) is 2.41. The fourth-order valence-electron chi connectivity index (χ4n) is 4.20. The maximum absolute atomic E-state index is 12.8. The van der Waals surface area contributed by atoms with E-state index in [0.717, 1.165) is 43.9 Å². The average molecular weight is 404 g/mol. The van der Waals surface area contributed by atoms with Gasteiger partial charge in [-0.25, -0.2) is 0 Å². The lowest BCUT2D eigenvalue weighted by Gasteiger charge is -2.33. The monoisotopic (exact) mass is 403 g/mol. The molecule has 7 nitrogen and oxygen atoms in total. The summed E-state index contributed by atoms with van der Waals surface area (Å²) < 4.78 is 1.79. The molecule has 2 aliphatic heterocycles. The molecule has 1 atom stereocenters. The Morgan fingerprint density at radius 1 is 1.18 bits per heavy atom. The zero-order valence-electron chi connectivity index (χ0n) is 16.2. The molecule has 2 saturated heterocycles. The molecule has 1 unspecified atom stereocenters. The summed E-state index contributed by atoms with van der Waals surface area (Å²) >= 11 is 1.59. The summed E-state index contributed by atoms with van der Waals surface area (Å²) in [6.07, 6.45) is 6.87. The number of likely N-dealkylation sites (tertiary alicyclic amines) is 2. The molecule has 0 spiro atoms. The number of aromatic nitrogens is 3. The molecule has 152 valence electrons. The highest BCUT2D eigenvalue weighted by Crippen LogP contribution is 2.33. The molecule has 0 aliphatic carbocycles. The van der Waals surface area contributed by atoms with Gasteiger partial charge in [-0.15, -0.1) is 16.4 Å². The van der Waals surface area contributed by atoms with Crippen LogP contribution in [0.3, 0.4) is 0 Å². The first-order valence-electron chi connectivity index (χ1n) is 10.3. The lowest BCUT2D eigenvalue weighted by Crippen LogP contribution is -2.39. The van der Waals surface area contributed by atoms with E-state index in [1.165, 1.54) is 19.3 Å². The first-order chi connectivity index (χ1) is 13.7. The number of nitrogens with zero attached hydrogens (tertiary/aromatic N) is 5. The molecule has 2 aromatic rings. The SMILES string of the molecule is O=C(c1cn(CCN2CCCCC2)nn1)N1CCC(C(O)c2cccs2)CC1. The van der Waals surface area contributed by atoms with Gasteiger partial charge in [-0.2, -0.15) is 0 Å². The van der Waals surface area contributed by atoms with Crippen LogP contribution in [0.25, 0.3) is 0 Å². The third kappa shape index (κ3) is 4.61. The van der Waals surface area contributed by atoms with E-state index in [0.29, 0.717) is 18.8 Å². The van der Waals surface area contributed by atoms with E-state index in [4.69, 9.17) is 0 Å². The van der Waals surface area contributed by atoms with Crippen LogP contribution in [-0.2, 0) is 6.54 Å². The molecule has 4 heterocycles. The third-order valence-electron chi connectivity index (χ3n) is 5.96. The Kier molecular flexibility index (Phi) is 6.39. The van der Waals surface area contributed by atoms with Crippen LogP contribution in [0.15, 0.2) is 23.7 Å². The van der Waals surface area contributed by atoms with Crippen LogP contribution in [0.1, 0.15) is 53.6 Å². The Bertz CT molecular complexity index is 748. The summed E-state index contributed by atoms with van der Waals surface area (Å²) in [5.74, 6) is 0.163. The van der Waals surface area contributed by atoms with Gasteiger partial charge in [0.25, 0.3) is 5.91 Å². The summed E-state index contributed by atoms with van der Waals surface area (Å²) in [4.78, 5) is 18.1. The molecule has 2 fully saturated rings. The Hall–Kier alpha value is -1.77. The summed E-state index contributed by atoms with van der Waals surface area (Å²) in [6, 6.07) is 3.95. The number of hydrogen-bond donors (Lipinski definition) is 1. The number of carbonyl (C=O) groups excluding carboxylic acids is 1. The van der Waals surface area contributed by atoms with E-state index in [1.807, 2.05) is 22.4 Å². The Labute approximate surface area is 169 Å². The second-order valence-corrected chi connectivity index (χ2v) is 8.84. The minimum atomic E-state index is -0.423. The van der Waals surface area contributed by atoms with Crippen LogP contribution >= 0.6 is 11.3 Å². The van der Waals surface area contributed by atoms with Crippen LogP contribution < -0.4 is 0 Å². The molecular formula is C20H29N5O2S. The first-order valence-corrected chi connectivity index (χ1v) is 11.2. The van der Waals surface area contributed by atoms with Crippen molar-refractivity contribution in [1.82, 2.24) is 24.8 Å². The summed E-state index contributed by atoms with van der Waals surface area (Å²) in [5, 5.41) is 20.8.